The number of aromatic nitrogens is 2. The number of aromatic amines is 1. The highest BCUT2D eigenvalue weighted by Crippen LogP contribution is 2.32. The summed E-state index contributed by atoms with van der Waals surface area (Å²) in [5.74, 6) is 1.20. The molecule has 0 saturated heterocycles. The third-order valence-electron chi connectivity index (χ3n) is 4.38. The van der Waals surface area contributed by atoms with E-state index in [0.717, 1.165) is 16.9 Å². The van der Waals surface area contributed by atoms with Crippen molar-refractivity contribution < 1.29 is 14.3 Å². The van der Waals surface area contributed by atoms with Crippen LogP contribution >= 0.6 is 11.6 Å². The largest absolute Gasteiger partial charge is 0.486 e. The fourth-order valence-corrected chi connectivity index (χ4v) is 3.02. The average Bonchev–Trinajstić information content (AvgIpc) is 3.18. The second-order valence-electron chi connectivity index (χ2n) is 6.27. The molecule has 0 bridgehead atoms. The molecule has 1 aliphatic heterocycles. The highest BCUT2D eigenvalue weighted by atomic mass is 35.5. The molecular weight excluding hydrogens is 366 g/mol. The Morgan fingerprint density at radius 3 is 2.63 bits per heavy atom. The van der Waals surface area contributed by atoms with E-state index >= 15 is 0 Å². The lowest BCUT2D eigenvalue weighted by Crippen LogP contribution is -2.27. The maximum absolute atomic E-state index is 12.6. The molecule has 0 radical (unpaired) electrons. The molecule has 27 heavy (non-hydrogen) atoms. The number of nitrogens with one attached hydrogen (secondary N) is 2. The predicted octanol–water partition coefficient (Wildman–Crippen LogP) is 3.99. The fraction of sp³-hybridized carbons (Fsp3) is 0.200. The van der Waals surface area contributed by atoms with Gasteiger partial charge in [0.1, 0.15) is 18.9 Å². The second-order valence-corrected chi connectivity index (χ2v) is 6.71. The van der Waals surface area contributed by atoms with Crippen LogP contribution in [0.25, 0.3) is 11.3 Å². The zero-order valence-corrected chi connectivity index (χ0v) is 15.4. The molecule has 1 aromatic heterocycles. The summed E-state index contributed by atoms with van der Waals surface area (Å²) in [6.07, 6.45) is 0. The summed E-state index contributed by atoms with van der Waals surface area (Å²) in [5, 5.41) is 10.6. The van der Waals surface area contributed by atoms with E-state index in [1.54, 1.807) is 18.2 Å². The van der Waals surface area contributed by atoms with Gasteiger partial charge in [0.15, 0.2) is 11.5 Å². The summed E-state index contributed by atoms with van der Waals surface area (Å²) in [6, 6.07) is 14.5. The Labute approximate surface area is 161 Å². The number of carbonyl (C=O) groups excluding carboxylic acids is 1. The Morgan fingerprint density at radius 2 is 1.85 bits per heavy atom. The van der Waals surface area contributed by atoms with Crippen LogP contribution in [0.3, 0.4) is 0 Å². The van der Waals surface area contributed by atoms with Crippen molar-refractivity contribution in [3.05, 3.63) is 64.8 Å². The standard InChI is InChI=1S/C20H18ClN3O3/c1-12(14-4-7-18-19(10-14)27-9-8-26-18)22-20(25)17-11-16(23-24-17)13-2-5-15(21)6-3-13/h2-7,10-12H,8-9H2,1H3,(H,22,25)(H,23,24)/t12-/m0/s1. The lowest BCUT2D eigenvalue weighted by Gasteiger charge is -2.21. The number of nitrogens with zero attached hydrogens (tertiary/aromatic N) is 1. The van der Waals surface area contributed by atoms with Crippen LogP contribution in [0, 0.1) is 0 Å². The molecule has 4 rings (SSSR count). The molecule has 1 atom stereocenters. The first-order valence-corrected chi connectivity index (χ1v) is 9.00. The second kappa shape index (κ2) is 7.32. The van der Waals surface area contributed by atoms with E-state index in [2.05, 4.69) is 15.5 Å². The molecule has 0 aliphatic carbocycles. The zero-order valence-electron chi connectivity index (χ0n) is 14.7. The van der Waals surface area contributed by atoms with Crippen LogP contribution in [0.4, 0.5) is 0 Å². The van der Waals surface area contributed by atoms with Gasteiger partial charge in [0, 0.05) is 10.6 Å². The Balaban J connectivity index is 1.46. The van der Waals surface area contributed by atoms with Crippen LogP contribution in [0.2, 0.25) is 5.02 Å². The Bertz CT molecular complexity index is 969. The predicted molar refractivity (Wildman–Crippen MR) is 102 cm³/mol. The molecule has 1 amide bonds. The first-order valence-electron chi connectivity index (χ1n) is 8.62. The lowest BCUT2D eigenvalue weighted by atomic mass is 10.1. The Kier molecular flexibility index (Phi) is 4.73. The van der Waals surface area contributed by atoms with Gasteiger partial charge in [-0.3, -0.25) is 9.89 Å². The first-order chi connectivity index (χ1) is 13.1. The van der Waals surface area contributed by atoms with Crippen LogP contribution in [0.1, 0.15) is 29.0 Å². The van der Waals surface area contributed by atoms with Crippen molar-refractivity contribution >= 4 is 17.5 Å². The van der Waals surface area contributed by atoms with Crippen molar-refractivity contribution in [3.8, 4) is 22.8 Å². The number of carbonyl (C=O) groups is 1. The van der Waals surface area contributed by atoms with Gasteiger partial charge in [-0.05, 0) is 42.8 Å². The van der Waals surface area contributed by atoms with Crippen LogP contribution in [0.5, 0.6) is 11.5 Å². The van der Waals surface area contributed by atoms with E-state index in [4.69, 9.17) is 21.1 Å². The van der Waals surface area contributed by atoms with Crippen molar-refractivity contribution in [3.63, 3.8) is 0 Å². The smallest absolute Gasteiger partial charge is 0.269 e. The van der Waals surface area contributed by atoms with Crippen molar-refractivity contribution in [2.24, 2.45) is 0 Å². The Morgan fingerprint density at radius 1 is 1.11 bits per heavy atom. The fourth-order valence-electron chi connectivity index (χ4n) is 2.89. The number of benzene rings is 2. The Hall–Kier alpha value is -2.99. The summed E-state index contributed by atoms with van der Waals surface area (Å²) >= 11 is 5.91. The molecule has 0 spiro atoms. The van der Waals surface area contributed by atoms with Gasteiger partial charge >= 0.3 is 0 Å². The van der Waals surface area contributed by atoms with Gasteiger partial charge in [0.2, 0.25) is 0 Å². The number of hydrogen-bond acceptors (Lipinski definition) is 4. The van der Waals surface area contributed by atoms with Crippen molar-refractivity contribution in [1.29, 1.82) is 0 Å². The van der Waals surface area contributed by atoms with Crippen molar-refractivity contribution in [2.45, 2.75) is 13.0 Å². The maximum Gasteiger partial charge on any atom is 0.269 e. The van der Waals surface area contributed by atoms with E-state index < -0.39 is 0 Å². The van der Waals surface area contributed by atoms with Gasteiger partial charge in [-0.15, -0.1) is 0 Å². The SMILES string of the molecule is C[C@H](NC(=O)c1cc(-c2ccc(Cl)cc2)n[nH]1)c1ccc2c(c1)OCCO2. The van der Waals surface area contributed by atoms with Crippen molar-refractivity contribution in [2.75, 3.05) is 13.2 Å². The molecule has 2 heterocycles. The van der Waals surface area contributed by atoms with Crippen LogP contribution in [-0.4, -0.2) is 29.3 Å². The highest BCUT2D eigenvalue weighted by molar-refractivity contribution is 6.30. The molecule has 1 aliphatic rings. The molecule has 6 nitrogen and oxygen atoms in total. The van der Waals surface area contributed by atoms with Gasteiger partial charge < -0.3 is 14.8 Å². The van der Waals surface area contributed by atoms with E-state index in [9.17, 15) is 4.79 Å². The minimum Gasteiger partial charge on any atom is -0.486 e. The van der Waals surface area contributed by atoms with Crippen LogP contribution in [-0.2, 0) is 0 Å². The zero-order chi connectivity index (χ0) is 18.8. The average molecular weight is 384 g/mol. The summed E-state index contributed by atoms with van der Waals surface area (Å²) in [4.78, 5) is 12.6. The van der Waals surface area contributed by atoms with Gasteiger partial charge in [0.05, 0.1) is 11.7 Å². The molecule has 2 N–H and O–H groups in total. The van der Waals surface area contributed by atoms with E-state index in [1.807, 2.05) is 37.3 Å². The van der Waals surface area contributed by atoms with Gasteiger partial charge in [-0.25, -0.2) is 0 Å². The van der Waals surface area contributed by atoms with Gasteiger partial charge in [-0.2, -0.15) is 5.10 Å². The van der Waals surface area contributed by atoms with Gasteiger partial charge in [-0.1, -0.05) is 29.8 Å². The number of H-pyrrole nitrogens is 1. The number of ether oxygens (including phenoxy) is 2. The third kappa shape index (κ3) is 3.75. The highest BCUT2D eigenvalue weighted by Gasteiger charge is 2.18. The third-order valence-corrected chi connectivity index (χ3v) is 4.63. The summed E-state index contributed by atoms with van der Waals surface area (Å²) < 4.78 is 11.1. The minimum atomic E-state index is -0.231. The normalized spacial score (nSPS) is 13.9. The van der Waals surface area contributed by atoms with Crippen LogP contribution < -0.4 is 14.8 Å². The molecule has 0 fully saturated rings. The van der Waals surface area contributed by atoms with Crippen LogP contribution in [0.15, 0.2) is 48.5 Å². The molecule has 3 aromatic rings. The molecule has 0 saturated carbocycles. The summed E-state index contributed by atoms with van der Waals surface area (Å²) in [6.45, 7) is 2.99. The van der Waals surface area contributed by atoms with E-state index in [0.29, 0.717) is 35.4 Å². The van der Waals surface area contributed by atoms with Crippen molar-refractivity contribution in [1.82, 2.24) is 15.5 Å². The lowest BCUT2D eigenvalue weighted by molar-refractivity contribution is 0.0934. The molecule has 0 unspecified atom stereocenters. The quantitative estimate of drug-likeness (QED) is 0.714. The minimum absolute atomic E-state index is 0.199. The number of hydrogen-bond donors (Lipinski definition) is 2. The number of rotatable bonds is 4. The van der Waals surface area contributed by atoms with E-state index in [1.165, 1.54) is 0 Å². The number of amides is 1. The monoisotopic (exact) mass is 383 g/mol. The molecule has 138 valence electrons. The number of fused-ring (bicyclic) bond motifs is 1. The summed E-state index contributed by atoms with van der Waals surface area (Å²) in [7, 11) is 0. The maximum atomic E-state index is 12.6. The first kappa shape index (κ1) is 17.4. The number of halogens is 1. The molecule has 7 heteroatoms. The van der Waals surface area contributed by atoms with E-state index in [-0.39, 0.29) is 11.9 Å². The summed E-state index contributed by atoms with van der Waals surface area (Å²) in [5.41, 5.74) is 2.90. The van der Waals surface area contributed by atoms with Gasteiger partial charge in [0.25, 0.3) is 5.91 Å². The topological polar surface area (TPSA) is 76.2 Å². The molecular formula is C20H18ClN3O3. The molecule has 2 aromatic carbocycles.